The highest BCUT2D eigenvalue weighted by atomic mass is 16.5. The minimum absolute atomic E-state index is 0.0470. The third kappa shape index (κ3) is 5.34. The maximum Gasteiger partial charge on any atom is 0.408 e. The van der Waals surface area contributed by atoms with Gasteiger partial charge < -0.3 is 19.9 Å². The van der Waals surface area contributed by atoms with Crippen LogP contribution in [0.1, 0.15) is 58.4 Å². The lowest BCUT2D eigenvalue weighted by molar-refractivity contribution is -0.133. The summed E-state index contributed by atoms with van der Waals surface area (Å²) >= 11 is 0. The second-order valence-electron chi connectivity index (χ2n) is 9.04. The summed E-state index contributed by atoms with van der Waals surface area (Å²) < 4.78 is 5.30. The third-order valence-corrected chi connectivity index (χ3v) is 6.97. The molecule has 1 aliphatic heterocycles. The number of likely N-dealkylation sites (tertiary alicyclic amines) is 1. The minimum atomic E-state index is -0.520. The van der Waals surface area contributed by atoms with Crippen LogP contribution in [0.25, 0.3) is 0 Å². The molecule has 30 heavy (non-hydrogen) atoms. The number of benzene rings is 1. The molecule has 1 aromatic carbocycles. The summed E-state index contributed by atoms with van der Waals surface area (Å²) in [6.45, 7) is 7.64. The first-order chi connectivity index (χ1) is 14.4. The van der Waals surface area contributed by atoms with Gasteiger partial charge in [0.05, 0.1) is 0 Å². The molecule has 0 spiro atoms. The Labute approximate surface area is 180 Å². The molecule has 1 aliphatic carbocycles. The monoisotopic (exact) mass is 415 g/mol. The molecule has 6 nitrogen and oxygen atoms in total. The van der Waals surface area contributed by atoms with E-state index in [1.54, 1.807) is 0 Å². The van der Waals surface area contributed by atoms with Gasteiger partial charge in [-0.1, -0.05) is 43.7 Å². The van der Waals surface area contributed by atoms with Crippen molar-refractivity contribution in [3.8, 4) is 0 Å². The maximum absolute atomic E-state index is 13.0. The number of alkyl carbamates (subject to hydrolysis) is 1. The highest BCUT2D eigenvalue weighted by molar-refractivity contribution is 5.87. The first-order valence-corrected chi connectivity index (χ1v) is 11.4. The standard InChI is InChI=1S/C24H37N3O3/c1-5-19-15-20(26(4)17(2)3)11-12-22(19)27-14-13-21(23(27)28)25-24(29)30-16-18-9-7-6-8-10-18/h6-10,17,19-22H,5,11-16H2,1-4H3,(H,25,29)/t19-,20-,21+,22+/m1/s1. The van der Waals surface area contributed by atoms with E-state index < -0.39 is 12.1 Å². The zero-order valence-electron chi connectivity index (χ0n) is 18.8. The van der Waals surface area contributed by atoms with Gasteiger partial charge in [-0.25, -0.2) is 4.79 Å². The Kier molecular flexibility index (Phi) is 7.75. The summed E-state index contributed by atoms with van der Waals surface area (Å²) in [5.74, 6) is 0.559. The van der Waals surface area contributed by atoms with Crippen LogP contribution in [0.15, 0.2) is 30.3 Å². The smallest absolute Gasteiger partial charge is 0.408 e. The summed E-state index contributed by atoms with van der Waals surface area (Å²) in [4.78, 5) is 29.7. The van der Waals surface area contributed by atoms with E-state index in [-0.39, 0.29) is 18.6 Å². The second-order valence-corrected chi connectivity index (χ2v) is 9.04. The fourth-order valence-electron chi connectivity index (χ4n) is 4.94. The zero-order valence-corrected chi connectivity index (χ0v) is 18.8. The second kappa shape index (κ2) is 10.3. The van der Waals surface area contributed by atoms with Gasteiger partial charge >= 0.3 is 6.09 Å². The van der Waals surface area contributed by atoms with Crippen LogP contribution in [0, 0.1) is 5.92 Å². The highest BCUT2D eigenvalue weighted by Crippen LogP contribution is 2.35. The molecule has 4 atom stereocenters. The van der Waals surface area contributed by atoms with Crippen molar-refractivity contribution in [2.24, 2.45) is 5.92 Å². The van der Waals surface area contributed by atoms with Gasteiger partial charge in [0.2, 0.25) is 5.91 Å². The molecule has 3 rings (SSSR count). The van der Waals surface area contributed by atoms with E-state index in [1.165, 1.54) is 0 Å². The van der Waals surface area contributed by atoms with Crippen molar-refractivity contribution in [1.29, 1.82) is 0 Å². The predicted molar refractivity (Wildman–Crippen MR) is 118 cm³/mol. The molecular formula is C24H37N3O3. The van der Waals surface area contributed by atoms with Gasteiger partial charge in [0.15, 0.2) is 0 Å². The molecule has 1 saturated carbocycles. The molecule has 2 fully saturated rings. The third-order valence-electron chi connectivity index (χ3n) is 6.97. The van der Waals surface area contributed by atoms with E-state index in [0.29, 0.717) is 31.0 Å². The molecule has 2 aliphatic rings. The van der Waals surface area contributed by atoms with Crippen molar-refractivity contribution < 1.29 is 14.3 Å². The summed E-state index contributed by atoms with van der Waals surface area (Å²) in [6, 6.07) is 10.5. The van der Waals surface area contributed by atoms with Crippen LogP contribution in [0.4, 0.5) is 4.79 Å². The van der Waals surface area contributed by atoms with Gasteiger partial charge in [-0.2, -0.15) is 0 Å². The Morgan fingerprint density at radius 3 is 2.63 bits per heavy atom. The van der Waals surface area contributed by atoms with E-state index in [9.17, 15) is 9.59 Å². The maximum atomic E-state index is 13.0. The van der Waals surface area contributed by atoms with Crippen molar-refractivity contribution in [2.75, 3.05) is 13.6 Å². The minimum Gasteiger partial charge on any atom is -0.445 e. The number of hydrogen-bond donors (Lipinski definition) is 1. The lowest BCUT2D eigenvalue weighted by Crippen LogP contribution is -2.51. The Hall–Kier alpha value is -2.08. The molecule has 0 radical (unpaired) electrons. The zero-order chi connectivity index (χ0) is 21.7. The Morgan fingerprint density at radius 1 is 1.23 bits per heavy atom. The number of carbonyl (C=O) groups is 2. The van der Waals surface area contributed by atoms with Crippen molar-refractivity contribution in [3.63, 3.8) is 0 Å². The number of nitrogens with one attached hydrogen (secondary N) is 1. The van der Waals surface area contributed by atoms with E-state index >= 15 is 0 Å². The summed E-state index contributed by atoms with van der Waals surface area (Å²) in [6.07, 6.45) is 4.51. The number of amides is 2. The largest absolute Gasteiger partial charge is 0.445 e. The predicted octanol–water partition coefficient (Wildman–Crippen LogP) is 3.80. The van der Waals surface area contributed by atoms with Crippen LogP contribution in [0.3, 0.4) is 0 Å². The van der Waals surface area contributed by atoms with E-state index in [4.69, 9.17) is 4.74 Å². The van der Waals surface area contributed by atoms with Crippen LogP contribution < -0.4 is 5.32 Å². The van der Waals surface area contributed by atoms with Gasteiger partial charge in [-0.15, -0.1) is 0 Å². The molecular weight excluding hydrogens is 378 g/mol. The summed E-state index contributed by atoms with van der Waals surface area (Å²) in [5, 5.41) is 2.78. The molecule has 1 aromatic rings. The fourth-order valence-corrected chi connectivity index (χ4v) is 4.94. The average molecular weight is 416 g/mol. The fraction of sp³-hybridized carbons (Fsp3) is 0.667. The van der Waals surface area contributed by atoms with Gasteiger partial charge in [0.1, 0.15) is 12.6 Å². The van der Waals surface area contributed by atoms with E-state index in [1.807, 2.05) is 35.2 Å². The molecule has 0 unspecified atom stereocenters. The topological polar surface area (TPSA) is 61.9 Å². The molecule has 2 amide bonds. The molecule has 0 bridgehead atoms. The SMILES string of the molecule is CC[C@@H]1C[C@H](N(C)C(C)C)CC[C@@H]1N1CC[C@H](NC(=O)OCc2ccccc2)C1=O. The van der Waals surface area contributed by atoms with Crippen molar-refractivity contribution in [2.45, 2.75) is 83.6 Å². The number of rotatable bonds is 7. The van der Waals surface area contributed by atoms with Crippen molar-refractivity contribution in [3.05, 3.63) is 35.9 Å². The van der Waals surface area contributed by atoms with E-state index in [0.717, 1.165) is 31.2 Å². The summed E-state index contributed by atoms with van der Waals surface area (Å²) in [7, 11) is 2.21. The van der Waals surface area contributed by atoms with Crippen LogP contribution in [0.5, 0.6) is 0 Å². The number of carbonyl (C=O) groups excluding carboxylic acids is 2. The molecule has 6 heteroatoms. The number of ether oxygens (including phenoxy) is 1. The van der Waals surface area contributed by atoms with Crippen LogP contribution in [-0.4, -0.2) is 59.6 Å². The number of hydrogen-bond acceptors (Lipinski definition) is 4. The van der Waals surface area contributed by atoms with Gasteiger partial charge in [-0.3, -0.25) is 4.79 Å². The van der Waals surface area contributed by atoms with Gasteiger partial charge in [0.25, 0.3) is 0 Å². The Balaban J connectivity index is 1.52. The van der Waals surface area contributed by atoms with Crippen LogP contribution in [-0.2, 0) is 16.1 Å². The molecule has 166 valence electrons. The average Bonchev–Trinajstić information content (AvgIpc) is 3.11. The molecule has 1 saturated heterocycles. The van der Waals surface area contributed by atoms with Gasteiger partial charge in [0, 0.05) is 24.7 Å². The van der Waals surface area contributed by atoms with Crippen molar-refractivity contribution >= 4 is 12.0 Å². The quantitative estimate of drug-likeness (QED) is 0.736. The first-order valence-electron chi connectivity index (χ1n) is 11.4. The first kappa shape index (κ1) is 22.6. The van der Waals surface area contributed by atoms with E-state index in [2.05, 4.69) is 38.0 Å². The summed E-state index contributed by atoms with van der Waals surface area (Å²) in [5.41, 5.74) is 0.931. The lowest BCUT2D eigenvalue weighted by atomic mass is 9.78. The lowest BCUT2D eigenvalue weighted by Gasteiger charge is -2.44. The van der Waals surface area contributed by atoms with Gasteiger partial charge in [-0.05, 0) is 58.1 Å². The Morgan fingerprint density at radius 2 is 1.97 bits per heavy atom. The normalized spacial score (nSPS) is 27.0. The molecule has 0 aromatic heterocycles. The van der Waals surface area contributed by atoms with Crippen molar-refractivity contribution in [1.82, 2.24) is 15.1 Å². The van der Waals surface area contributed by atoms with Crippen LogP contribution >= 0.6 is 0 Å². The Bertz CT molecular complexity index is 709. The number of nitrogens with zero attached hydrogens (tertiary/aromatic N) is 2. The molecule has 1 N–H and O–H groups in total. The van der Waals surface area contributed by atoms with Crippen LogP contribution in [0.2, 0.25) is 0 Å². The highest BCUT2D eigenvalue weighted by Gasteiger charge is 2.42. The molecule has 1 heterocycles.